The van der Waals surface area contributed by atoms with Crippen molar-refractivity contribution in [3.8, 4) is 5.75 Å². The lowest BCUT2D eigenvalue weighted by molar-refractivity contribution is -0.142. The van der Waals surface area contributed by atoms with Gasteiger partial charge in [0.2, 0.25) is 5.91 Å². The van der Waals surface area contributed by atoms with E-state index >= 15 is 0 Å². The molecule has 0 aromatic heterocycles. The standard InChI is InChI=1S/C22H27ClN2O3/c1-16(2)13-24-22(27)17(3)25(14-18-7-5-4-6-8-18)21(26)15-28-20-11-9-19(23)10-12-20/h4-12,16-17H,13-15H2,1-3H3,(H,24,27). The van der Waals surface area contributed by atoms with E-state index in [2.05, 4.69) is 5.32 Å². The van der Waals surface area contributed by atoms with E-state index in [0.29, 0.717) is 29.8 Å². The number of hydrogen-bond donors (Lipinski definition) is 1. The molecule has 2 amide bonds. The van der Waals surface area contributed by atoms with Gasteiger partial charge in [0.25, 0.3) is 5.91 Å². The highest BCUT2D eigenvalue weighted by molar-refractivity contribution is 6.30. The summed E-state index contributed by atoms with van der Waals surface area (Å²) in [7, 11) is 0. The molecule has 28 heavy (non-hydrogen) atoms. The van der Waals surface area contributed by atoms with Crippen LogP contribution in [-0.2, 0) is 16.1 Å². The molecule has 1 N–H and O–H groups in total. The van der Waals surface area contributed by atoms with Crippen LogP contribution in [0.4, 0.5) is 0 Å². The Morgan fingerprint density at radius 1 is 1.04 bits per heavy atom. The van der Waals surface area contributed by atoms with Crippen LogP contribution in [0.3, 0.4) is 0 Å². The summed E-state index contributed by atoms with van der Waals surface area (Å²) < 4.78 is 5.59. The van der Waals surface area contributed by atoms with Crippen LogP contribution in [0.1, 0.15) is 26.3 Å². The quantitative estimate of drug-likeness (QED) is 0.691. The van der Waals surface area contributed by atoms with E-state index in [0.717, 1.165) is 5.56 Å². The fourth-order valence-corrected chi connectivity index (χ4v) is 2.70. The largest absolute Gasteiger partial charge is 0.484 e. The second kappa shape index (κ2) is 10.7. The van der Waals surface area contributed by atoms with E-state index in [9.17, 15) is 9.59 Å². The lowest BCUT2D eigenvalue weighted by Gasteiger charge is -2.29. The summed E-state index contributed by atoms with van der Waals surface area (Å²) in [6.45, 7) is 6.53. The molecule has 1 unspecified atom stereocenters. The molecule has 2 aromatic rings. The highest BCUT2D eigenvalue weighted by atomic mass is 35.5. The Hall–Kier alpha value is -2.53. The van der Waals surface area contributed by atoms with E-state index in [1.54, 1.807) is 36.1 Å². The fourth-order valence-electron chi connectivity index (χ4n) is 2.57. The number of nitrogens with one attached hydrogen (secondary N) is 1. The third-order valence-corrected chi connectivity index (χ3v) is 4.48. The SMILES string of the molecule is CC(C)CNC(=O)C(C)N(Cc1ccccc1)C(=O)COc1ccc(Cl)cc1. The summed E-state index contributed by atoms with van der Waals surface area (Å²) in [5.74, 6) is 0.451. The third kappa shape index (κ3) is 6.89. The Bertz CT molecular complexity index is 763. The van der Waals surface area contributed by atoms with Gasteiger partial charge in [-0.25, -0.2) is 0 Å². The van der Waals surface area contributed by atoms with Crippen molar-refractivity contribution >= 4 is 23.4 Å². The number of halogens is 1. The number of carbonyl (C=O) groups excluding carboxylic acids is 2. The first kappa shape index (κ1) is 21.8. The normalized spacial score (nSPS) is 11.8. The van der Waals surface area contributed by atoms with Crippen molar-refractivity contribution in [2.24, 2.45) is 5.92 Å². The predicted octanol–water partition coefficient (Wildman–Crippen LogP) is 3.91. The molecule has 0 aliphatic carbocycles. The molecule has 0 radical (unpaired) electrons. The number of amides is 2. The van der Waals surface area contributed by atoms with Gasteiger partial charge in [-0.3, -0.25) is 9.59 Å². The van der Waals surface area contributed by atoms with E-state index < -0.39 is 6.04 Å². The summed E-state index contributed by atoms with van der Waals surface area (Å²) >= 11 is 5.87. The monoisotopic (exact) mass is 402 g/mol. The molecule has 2 aromatic carbocycles. The highest BCUT2D eigenvalue weighted by Gasteiger charge is 2.26. The zero-order valence-electron chi connectivity index (χ0n) is 16.5. The van der Waals surface area contributed by atoms with Gasteiger partial charge in [0.15, 0.2) is 6.61 Å². The Kier molecular flexibility index (Phi) is 8.33. The maximum atomic E-state index is 12.9. The summed E-state index contributed by atoms with van der Waals surface area (Å²) in [5, 5.41) is 3.49. The van der Waals surface area contributed by atoms with Crippen LogP contribution in [0.15, 0.2) is 54.6 Å². The number of ether oxygens (including phenoxy) is 1. The minimum absolute atomic E-state index is 0.156. The molecule has 0 saturated carbocycles. The third-order valence-electron chi connectivity index (χ3n) is 4.22. The molecule has 0 bridgehead atoms. The Morgan fingerprint density at radius 3 is 2.29 bits per heavy atom. The number of rotatable bonds is 9. The first-order valence-electron chi connectivity index (χ1n) is 9.36. The van der Waals surface area contributed by atoms with Crippen LogP contribution in [0.2, 0.25) is 5.02 Å². The number of benzene rings is 2. The number of hydrogen-bond acceptors (Lipinski definition) is 3. The molecule has 5 nitrogen and oxygen atoms in total. The molecule has 150 valence electrons. The van der Waals surface area contributed by atoms with E-state index in [-0.39, 0.29) is 18.4 Å². The fraction of sp³-hybridized carbons (Fsp3) is 0.364. The average molecular weight is 403 g/mol. The van der Waals surface area contributed by atoms with Gasteiger partial charge in [0.05, 0.1) is 0 Å². The maximum absolute atomic E-state index is 12.9. The Balaban J connectivity index is 2.08. The molecular formula is C22H27ClN2O3. The first-order chi connectivity index (χ1) is 13.4. The second-order valence-electron chi connectivity index (χ2n) is 7.06. The maximum Gasteiger partial charge on any atom is 0.261 e. The van der Waals surface area contributed by atoms with Crippen molar-refractivity contribution in [3.63, 3.8) is 0 Å². The second-order valence-corrected chi connectivity index (χ2v) is 7.50. The minimum Gasteiger partial charge on any atom is -0.484 e. The molecule has 0 heterocycles. The van der Waals surface area contributed by atoms with Gasteiger partial charge < -0.3 is 15.0 Å². The molecule has 1 atom stereocenters. The van der Waals surface area contributed by atoms with Crippen LogP contribution in [0.25, 0.3) is 0 Å². The van der Waals surface area contributed by atoms with Gasteiger partial charge in [0, 0.05) is 18.1 Å². The molecule has 0 fully saturated rings. The van der Waals surface area contributed by atoms with Crippen molar-refractivity contribution in [1.29, 1.82) is 0 Å². The van der Waals surface area contributed by atoms with Crippen molar-refractivity contribution in [2.45, 2.75) is 33.4 Å². The molecule has 0 spiro atoms. The van der Waals surface area contributed by atoms with Crippen molar-refractivity contribution in [1.82, 2.24) is 10.2 Å². The molecule has 0 aliphatic heterocycles. The lowest BCUT2D eigenvalue weighted by Crippen LogP contribution is -2.49. The topological polar surface area (TPSA) is 58.6 Å². The summed E-state index contributed by atoms with van der Waals surface area (Å²) in [6.07, 6.45) is 0. The van der Waals surface area contributed by atoms with E-state index in [4.69, 9.17) is 16.3 Å². The van der Waals surface area contributed by atoms with Gasteiger partial charge in [0.1, 0.15) is 11.8 Å². The highest BCUT2D eigenvalue weighted by Crippen LogP contribution is 2.16. The zero-order chi connectivity index (χ0) is 20.5. The Morgan fingerprint density at radius 2 is 1.68 bits per heavy atom. The molecule has 0 saturated heterocycles. The molecule has 6 heteroatoms. The van der Waals surface area contributed by atoms with E-state index in [1.807, 2.05) is 44.2 Å². The van der Waals surface area contributed by atoms with Gasteiger partial charge in [-0.05, 0) is 42.7 Å². The summed E-state index contributed by atoms with van der Waals surface area (Å²) in [6, 6.07) is 15.8. The average Bonchev–Trinajstić information content (AvgIpc) is 2.69. The van der Waals surface area contributed by atoms with Gasteiger partial charge in [-0.1, -0.05) is 55.8 Å². The molecular weight excluding hydrogens is 376 g/mol. The molecule has 0 aliphatic rings. The minimum atomic E-state index is -0.611. The van der Waals surface area contributed by atoms with Crippen LogP contribution in [-0.4, -0.2) is 35.9 Å². The summed E-state index contributed by atoms with van der Waals surface area (Å²) in [5.41, 5.74) is 0.950. The summed E-state index contributed by atoms with van der Waals surface area (Å²) in [4.78, 5) is 26.9. The van der Waals surface area contributed by atoms with Crippen LogP contribution < -0.4 is 10.1 Å². The lowest BCUT2D eigenvalue weighted by atomic mass is 10.1. The zero-order valence-corrected chi connectivity index (χ0v) is 17.3. The van der Waals surface area contributed by atoms with Gasteiger partial charge in [-0.2, -0.15) is 0 Å². The Labute approximate surface area is 171 Å². The number of carbonyl (C=O) groups is 2. The van der Waals surface area contributed by atoms with Crippen LogP contribution >= 0.6 is 11.6 Å². The smallest absolute Gasteiger partial charge is 0.261 e. The van der Waals surface area contributed by atoms with Crippen molar-refractivity contribution in [2.75, 3.05) is 13.2 Å². The van der Waals surface area contributed by atoms with Crippen LogP contribution in [0, 0.1) is 5.92 Å². The first-order valence-corrected chi connectivity index (χ1v) is 9.74. The predicted molar refractivity (Wildman–Crippen MR) is 111 cm³/mol. The van der Waals surface area contributed by atoms with E-state index in [1.165, 1.54) is 0 Å². The van der Waals surface area contributed by atoms with Crippen LogP contribution in [0.5, 0.6) is 5.75 Å². The van der Waals surface area contributed by atoms with Gasteiger partial charge in [-0.15, -0.1) is 0 Å². The van der Waals surface area contributed by atoms with Crippen molar-refractivity contribution in [3.05, 3.63) is 65.2 Å². The molecule has 2 rings (SSSR count). The number of nitrogens with zero attached hydrogens (tertiary/aromatic N) is 1. The van der Waals surface area contributed by atoms with Gasteiger partial charge >= 0.3 is 0 Å². The van der Waals surface area contributed by atoms with Crippen molar-refractivity contribution < 1.29 is 14.3 Å².